The van der Waals surface area contributed by atoms with Gasteiger partial charge in [-0.1, -0.05) is 12.1 Å². The van der Waals surface area contributed by atoms with Crippen molar-refractivity contribution < 1.29 is 4.74 Å². The first-order chi connectivity index (χ1) is 10.0. The quantitative estimate of drug-likeness (QED) is 0.921. The largest absolute Gasteiger partial charge is 0.494 e. The van der Waals surface area contributed by atoms with Crippen LogP contribution in [0.4, 0.5) is 0 Å². The van der Waals surface area contributed by atoms with Crippen LogP contribution in [0.1, 0.15) is 39.3 Å². The Morgan fingerprint density at radius 2 is 2.00 bits per heavy atom. The summed E-state index contributed by atoms with van der Waals surface area (Å²) < 4.78 is 5.55. The smallest absolute Gasteiger partial charge is 0.119 e. The summed E-state index contributed by atoms with van der Waals surface area (Å²) in [6.45, 7) is 13.5. The van der Waals surface area contributed by atoms with E-state index in [1.807, 2.05) is 6.92 Å². The number of nitrogens with zero attached hydrogens (tertiary/aromatic N) is 1. The maximum atomic E-state index is 5.55. The Morgan fingerprint density at radius 3 is 2.62 bits per heavy atom. The molecule has 0 spiro atoms. The van der Waals surface area contributed by atoms with Gasteiger partial charge in [-0.25, -0.2) is 0 Å². The molecule has 3 nitrogen and oxygen atoms in total. The van der Waals surface area contributed by atoms with Crippen molar-refractivity contribution in [3.8, 4) is 5.75 Å². The molecule has 0 radical (unpaired) electrons. The van der Waals surface area contributed by atoms with Crippen LogP contribution < -0.4 is 10.1 Å². The van der Waals surface area contributed by atoms with Crippen molar-refractivity contribution in [3.05, 3.63) is 29.8 Å². The van der Waals surface area contributed by atoms with E-state index in [1.54, 1.807) is 0 Å². The lowest BCUT2D eigenvalue weighted by Crippen LogP contribution is -2.45. The number of likely N-dealkylation sites (tertiary alicyclic amines) is 1. The third-order valence-corrected chi connectivity index (χ3v) is 5.56. The molecule has 0 aromatic heterocycles. The van der Waals surface area contributed by atoms with E-state index in [9.17, 15) is 0 Å². The van der Waals surface area contributed by atoms with Gasteiger partial charge >= 0.3 is 0 Å². The van der Waals surface area contributed by atoms with Crippen LogP contribution in [-0.2, 0) is 0 Å². The monoisotopic (exact) mass is 288 g/mol. The summed E-state index contributed by atoms with van der Waals surface area (Å²) in [5.41, 5.74) is 1.66. The molecule has 0 saturated carbocycles. The third-order valence-electron chi connectivity index (χ3n) is 5.56. The highest BCUT2D eigenvalue weighted by Crippen LogP contribution is 2.44. The van der Waals surface area contributed by atoms with Crippen LogP contribution in [0.2, 0.25) is 0 Å². The topological polar surface area (TPSA) is 24.5 Å². The molecular formula is C18H28N2O. The zero-order chi connectivity index (χ0) is 15.0. The van der Waals surface area contributed by atoms with Gasteiger partial charge in [-0.2, -0.15) is 0 Å². The molecule has 116 valence electrons. The van der Waals surface area contributed by atoms with Gasteiger partial charge in [0, 0.05) is 24.7 Å². The fourth-order valence-corrected chi connectivity index (χ4v) is 4.30. The number of fused-ring (bicyclic) bond motifs is 1. The molecule has 0 bridgehead atoms. The van der Waals surface area contributed by atoms with E-state index in [2.05, 4.69) is 55.3 Å². The average Bonchev–Trinajstić information content (AvgIpc) is 3.02. The lowest BCUT2D eigenvalue weighted by molar-refractivity contribution is 0.0970. The zero-order valence-corrected chi connectivity index (χ0v) is 13.7. The van der Waals surface area contributed by atoms with Gasteiger partial charge in [0.25, 0.3) is 0 Å². The van der Waals surface area contributed by atoms with Crippen molar-refractivity contribution in [2.24, 2.45) is 11.8 Å². The summed E-state index contributed by atoms with van der Waals surface area (Å²) in [5, 5.41) is 3.56. The molecule has 3 heteroatoms. The number of nitrogens with one attached hydrogen (secondary N) is 1. The molecule has 2 aliphatic rings. The first kappa shape index (κ1) is 14.9. The molecule has 2 fully saturated rings. The molecule has 0 aliphatic carbocycles. The van der Waals surface area contributed by atoms with Crippen LogP contribution in [0.3, 0.4) is 0 Å². The fourth-order valence-electron chi connectivity index (χ4n) is 4.30. The lowest BCUT2D eigenvalue weighted by atomic mass is 9.84. The predicted molar refractivity (Wildman–Crippen MR) is 86.7 cm³/mol. The Balaban J connectivity index is 1.77. The van der Waals surface area contributed by atoms with Crippen LogP contribution >= 0.6 is 0 Å². The molecule has 0 amide bonds. The number of hydrogen-bond donors (Lipinski definition) is 1. The first-order valence-corrected chi connectivity index (χ1v) is 8.24. The van der Waals surface area contributed by atoms with Crippen LogP contribution in [-0.4, -0.2) is 36.7 Å². The molecule has 1 aromatic rings. The third kappa shape index (κ3) is 2.58. The summed E-state index contributed by atoms with van der Waals surface area (Å²) >= 11 is 0. The molecule has 1 aromatic carbocycles. The molecule has 2 saturated heterocycles. The second-order valence-corrected chi connectivity index (χ2v) is 7.01. The molecule has 21 heavy (non-hydrogen) atoms. The van der Waals surface area contributed by atoms with Crippen LogP contribution in [0.15, 0.2) is 24.3 Å². The molecule has 3 atom stereocenters. The van der Waals surface area contributed by atoms with Gasteiger partial charge in [-0.3, -0.25) is 4.90 Å². The van der Waals surface area contributed by atoms with Crippen LogP contribution in [0, 0.1) is 11.8 Å². The number of rotatable bonds is 4. The lowest BCUT2D eigenvalue weighted by Gasteiger charge is -2.40. The Kier molecular flexibility index (Phi) is 3.98. The van der Waals surface area contributed by atoms with Crippen molar-refractivity contribution in [1.29, 1.82) is 0 Å². The van der Waals surface area contributed by atoms with Gasteiger partial charge < -0.3 is 10.1 Å². The number of hydrogen-bond acceptors (Lipinski definition) is 3. The minimum absolute atomic E-state index is 0.270. The summed E-state index contributed by atoms with van der Waals surface area (Å²) in [5.74, 6) is 2.56. The Hall–Kier alpha value is -1.06. The zero-order valence-electron chi connectivity index (χ0n) is 13.7. The number of ether oxygens (including phenoxy) is 1. The van der Waals surface area contributed by atoms with E-state index in [-0.39, 0.29) is 5.54 Å². The standard InChI is InChI=1S/C18H28N2O/c1-5-21-16-8-6-14(7-9-16)13(2)20-12-15-10-19-11-17(15)18(20,3)4/h6-9,13,15,17,19H,5,10-12H2,1-4H3. The van der Waals surface area contributed by atoms with Crippen molar-refractivity contribution in [1.82, 2.24) is 10.2 Å². The minimum Gasteiger partial charge on any atom is -0.494 e. The van der Waals surface area contributed by atoms with Crippen LogP contribution in [0.5, 0.6) is 5.75 Å². The molecular weight excluding hydrogens is 260 g/mol. The van der Waals surface area contributed by atoms with E-state index in [0.29, 0.717) is 6.04 Å². The second kappa shape index (κ2) is 5.62. The number of benzene rings is 1. The van der Waals surface area contributed by atoms with Gasteiger partial charge in [0.15, 0.2) is 0 Å². The van der Waals surface area contributed by atoms with Gasteiger partial charge in [0.05, 0.1) is 6.61 Å². The highest BCUT2D eigenvalue weighted by Gasteiger charge is 2.50. The van der Waals surface area contributed by atoms with Crippen molar-refractivity contribution in [2.45, 2.75) is 39.3 Å². The Bertz CT molecular complexity index is 482. The molecule has 1 N–H and O–H groups in total. The van der Waals surface area contributed by atoms with E-state index < -0.39 is 0 Å². The van der Waals surface area contributed by atoms with E-state index in [0.717, 1.165) is 24.2 Å². The highest BCUT2D eigenvalue weighted by molar-refractivity contribution is 5.29. The van der Waals surface area contributed by atoms with Crippen LogP contribution in [0.25, 0.3) is 0 Å². The summed E-state index contributed by atoms with van der Waals surface area (Å²) in [6, 6.07) is 9.10. The minimum atomic E-state index is 0.270. The van der Waals surface area contributed by atoms with Gasteiger partial charge in [-0.05, 0) is 63.8 Å². The van der Waals surface area contributed by atoms with E-state index in [1.165, 1.54) is 25.2 Å². The van der Waals surface area contributed by atoms with Gasteiger partial charge in [0.1, 0.15) is 5.75 Å². The summed E-state index contributed by atoms with van der Waals surface area (Å²) in [4.78, 5) is 2.69. The first-order valence-electron chi connectivity index (χ1n) is 8.24. The second-order valence-electron chi connectivity index (χ2n) is 7.01. The fraction of sp³-hybridized carbons (Fsp3) is 0.667. The molecule has 3 rings (SSSR count). The molecule has 3 unspecified atom stereocenters. The normalized spacial score (nSPS) is 29.3. The van der Waals surface area contributed by atoms with Gasteiger partial charge in [-0.15, -0.1) is 0 Å². The molecule has 2 aliphatic heterocycles. The Labute approximate surface area is 128 Å². The highest BCUT2D eigenvalue weighted by atomic mass is 16.5. The Morgan fingerprint density at radius 1 is 1.29 bits per heavy atom. The summed E-state index contributed by atoms with van der Waals surface area (Å²) in [6.07, 6.45) is 0. The van der Waals surface area contributed by atoms with Crippen molar-refractivity contribution in [2.75, 3.05) is 26.2 Å². The SMILES string of the molecule is CCOc1ccc(C(C)N2CC3CNCC3C2(C)C)cc1. The van der Waals surface area contributed by atoms with E-state index >= 15 is 0 Å². The molecule has 2 heterocycles. The van der Waals surface area contributed by atoms with Gasteiger partial charge in [0.2, 0.25) is 0 Å². The predicted octanol–water partition coefficient (Wildman–Crippen LogP) is 3.08. The average molecular weight is 288 g/mol. The maximum Gasteiger partial charge on any atom is 0.119 e. The van der Waals surface area contributed by atoms with Crippen molar-refractivity contribution >= 4 is 0 Å². The van der Waals surface area contributed by atoms with Crippen molar-refractivity contribution in [3.63, 3.8) is 0 Å². The maximum absolute atomic E-state index is 5.55. The van der Waals surface area contributed by atoms with E-state index in [4.69, 9.17) is 4.74 Å². The summed E-state index contributed by atoms with van der Waals surface area (Å²) in [7, 11) is 0.